The molecule has 0 aliphatic carbocycles. The summed E-state index contributed by atoms with van der Waals surface area (Å²) in [6, 6.07) is 4.33. The summed E-state index contributed by atoms with van der Waals surface area (Å²) >= 11 is 1.84. The van der Waals surface area contributed by atoms with Gasteiger partial charge in [-0.25, -0.2) is 4.98 Å². The van der Waals surface area contributed by atoms with Gasteiger partial charge in [0, 0.05) is 18.0 Å². The minimum absolute atomic E-state index is 0.469. The maximum atomic E-state index is 5.74. The molecule has 0 amide bonds. The molecule has 0 aromatic carbocycles. The first-order valence-corrected chi connectivity index (χ1v) is 6.13. The SMILES string of the molecule is CCC(CSC)Nc1cccnc1N. The highest BCUT2D eigenvalue weighted by Gasteiger charge is 2.06. The molecule has 1 unspecified atom stereocenters. The molecular weight excluding hydrogens is 194 g/mol. The molecule has 3 N–H and O–H groups in total. The first-order valence-electron chi connectivity index (χ1n) is 4.74. The summed E-state index contributed by atoms with van der Waals surface area (Å²) in [7, 11) is 0. The Bertz CT molecular complexity index is 278. The topological polar surface area (TPSA) is 50.9 Å². The van der Waals surface area contributed by atoms with Crippen molar-refractivity contribution in [3.05, 3.63) is 18.3 Å². The van der Waals surface area contributed by atoms with Crippen molar-refractivity contribution in [2.24, 2.45) is 0 Å². The van der Waals surface area contributed by atoms with Crippen molar-refractivity contribution in [3.8, 4) is 0 Å². The molecule has 14 heavy (non-hydrogen) atoms. The van der Waals surface area contributed by atoms with E-state index in [2.05, 4.69) is 23.5 Å². The van der Waals surface area contributed by atoms with Crippen LogP contribution >= 0.6 is 11.8 Å². The number of nitrogens with zero attached hydrogens (tertiary/aromatic N) is 1. The van der Waals surface area contributed by atoms with Crippen LogP contribution in [0.5, 0.6) is 0 Å². The van der Waals surface area contributed by atoms with Crippen molar-refractivity contribution in [2.75, 3.05) is 23.1 Å². The molecule has 0 aliphatic heterocycles. The number of aromatic nitrogens is 1. The van der Waals surface area contributed by atoms with Gasteiger partial charge in [-0.15, -0.1) is 0 Å². The molecule has 0 fully saturated rings. The van der Waals surface area contributed by atoms with Crippen LogP contribution in [-0.4, -0.2) is 23.0 Å². The van der Waals surface area contributed by atoms with E-state index in [-0.39, 0.29) is 0 Å². The van der Waals surface area contributed by atoms with Crippen molar-refractivity contribution in [2.45, 2.75) is 19.4 Å². The average molecular weight is 211 g/mol. The third-order valence-electron chi connectivity index (χ3n) is 2.06. The number of pyridine rings is 1. The van der Waals surface area contributed by atoms with E-state index in [0.29, 0.717) is 11.9 Å². The van der Waals surface area contributed by atoms with Crippen molar-refractivity contribution in [1.29, 1.82) is 0 Å². The second kappa shape index (κ2) is 5.75. The van der Waals surface area contributed by atoms with Crippen LogP contribution in [0, 0.1) is 0 Å². The normalized spacial score (nSPS) is 12.4. The lowest BCUT2D eigenvalue weighted by molar-refractivity contribution is 0.775. The van der Waals surface area contributed by atoms with Crippen LogP contribution in [0.3, 0.4) is 0 Å². The summed E-state index contributed by atoms with van der Waals surface area (Å²) in [5.41, 5.74) is 6.68. The zero-order chi connectivity index (χ0) is 10.4. The van der Waals surface area contributed by atoms with Gasteiger partial charge in [0.15, 0.2) is 0 Å². The standard InChI is InChI=1S/C10H17N3S/c1-3-8(7-14-2)13-9-5-4-6-12-10(9)11/h4-6,8,13H,3,7H2,1-2H3,(H2,11,12). The molecule has 0 saturated heterocycles. The number of anilines is 2. The van der Waals surface area contributed by atoms with Crippen LogP contribution in [0.1, 0.15) is 13.3 Å². The predicted octanol–water partition coefficient (Wildman–Crippen LogP) is 2.22. The Labute approximate surface area is 89.5 Å². The van der Waals surface area contributed by atoms with Crippen molar-refractivity contribution >= 4 is 23.3 Å². The van der Waals surface area contributed by atoms with E-state index in [1.807, 2.05) is 23.9 Å². The molecule has 1 aromatic heterocycles. The molecule has 1 atom stereocenters. The monoisotopic (exact) mass is 211 g/mol. The Balaban J connectivity index is 2.62. The Morgan fingerprint density at radius 3 is 3.00 bits per heavy atom. The number of nitrogens with two attached hydrogens (primary N) is 1. The van der Waals surface area contributed by atoms with Crippen molar-refractivity contribution in [1.82, 2.24) is 4.98 Å². The Morgan fingerprint density at radius 1 is 1.64 bits per heavy atom. The van der Waals surface area contributed by atoms with Crippen LogP contribution in [0.15, 0.2) is 18.3 Å². The lowest BCUT2D eigenvalue weighted by Gasteiger charge is -2.17. The van der Waals surface area contributed by atoms with Gasteiger partial charge in [0.1, 0.15) is 5.82 Å². The number of hydrogen-bond acceptors (Lipinski definition) is 4. The van der Waals surface area contributed by atoms with E-state index in [0.717, 1.165) is 17.9 Å². The third kappa shape index (κ3) is 3.10. The molecule has 1 heterocycles. The van der Waals surface area contributed by atoms with Gasteiger partial charge in [0.25, 0.3) is 0 Å². The van der Waals surface area contributed by atoms with Crippen molar-refractivity contribution in [3.63, 3.8) is 0 Å². The van der Waals surface area contributed by atoms with E-state index < -0.39 is 0 Å². The van der Waals surface area contributed by atoms with Gasteiger partial charge in [-0.3, -0.25) is 0 Å². The molecule has 4 heteroatoms. The molecule has 3 nitrogen and oxygen atoms in total. The van der Waals surface area contributed by atoms with E-state index in [1.54, 1.807) is 6.20 Å². The summed E-state index contributed by atoms with van der Waals surface area (Å²) in [5, 5.41) is 3.39. The van der Waals surface area contributed by atoms with Crippen LogP contribution in [0.4, 0.5) is 11.5 Å². The van der Waals surface area contributed by atoms with Gasteiger partial charge in [-0.1, -0.05) is 6.92 Å². The number of nitrogens with one attached hydrogen (secondary N) is 1. The number of hydrogen-bond donors (Lipinski definition) is 2. The van der Waals surface area contributed by atoms with Gasteiger partial charge in [0.2, 0.25) is 0 Å². The maximum absolute atomic E-state index is 5.74. The molecular formula is C10H17N3S. The van der Waals surface area contributed by atoms with Crippen molar-refractivity contribution < 1.29 is 0 Å². The van der Waals surface area contributed by atoms with Crippen LogP contribution < -0.4 is 11.1 Å². The maximum Gasteiger partial charge on any atom is 0.146 e. The summed E-state index contributed by atoms with van der Waals surface area (Å²) in [6.45, 7) is 2.17. The van der Waals surface area contributed by atoms with Gasteiger partial charge in [-0.05, 0) is 24.8 Å². The number of thioether (sulfide) groups is 1. The second-order valence-corrected chi connectivity index (χ2v) is 4.05. The van der Waals surface area contributed by atoms with Gasteiger partial charge >= 0.3 is 0 Å². The Kier molecular flexibility index (Phi) is 4.59. The second-order valence-electron chi connectivity index (χ2n) is 3.14. The highest BCUT2D eigenvalue weighted by atomic mass is 32.2. The lowest BCUT2D eigenvalue weighted by atomic mass is 10.2. The Hall–Kier alpha value is -0.900. The highest BCUT2D eigenvalue weighted by Crippen LogP contribution is 2.17. The quantitative estimate of drug-likeness (QED) is 0.784. The molecule has 1 rings (SSSR count). The molecule has 0 bridgehead atoms. The highest BCUT2D eigenvalue weighted by molar-refractivity contribution is 7.98. The minimum Gasteiger partial charge on any atom is -0.382 e. The van der Waals surface area contributed by atoms with E-state index in [4.69, 9.17) is 5.73 Å². The molecule has 0 aliphatic rings. The molecule has 0 radical (unpaired) electrons. The summed E-state index contributed by atoms with van der Waals surface area (Å²) in [5.74, 6) is 1.66. The average Bonchev–Trinajstić information content (AvgIpc) is 2.20. The van der Waals surface area contributed by atoms with E-state index in [9.17, 15) is 0 Å². The number of nitrogen functional groups attached to an aromatic ring is 1. The van der Waals surface area contributed by atoms with E-state index in [1.165, 1.54) is 0 Å². The lowest BCUT2D eigenvalue weighted by Crippen LogP contribution is -2.21. The zero-order valence-corrected chi connectivity index (χ0v) is 9.47. The van der Waals surface area contributed by atoms with Crippen LogP contribution in [0.2, 0.25) is 0 Å². The summed E-state index contributed by atoms with van der Waals surface area (Å²) < 4.78 is 0. The van der Waals surface area contributed by atoms with Crippen LogP contribution in [-0.2, 0) is 0 Å². The van der Waals surface area contributed by atoms with Crippen LogP contribution in [0.25, 0.3) is 0 Å². The fourth-order valence-corrected chi connectivity index (χ4v) is 1.94. The van der Waals surface area contributed by atoms with E-state index >= 15 is 0 Å². The summed E-state index contributed by atoms with van der Waals surface area (Å²) in [4.78, 5) is 4.04. The smallest absolute Gasteiger partial charge is 0.146 e. The predicted molar refractivity (Wildman–Crippen MR) is 64.7 cm³/mol. The summed E-state index contributed by atoms with van der Waals surface area (Å²) in [6.07, 6.45) is 4.90. The molecule has 1 aromatic rings. The molecule has 0 saturated carbocycles. The largest absolute Gasteiger partial charge is 0.382 e. The number of rotatable bonds is 5. The van der Waals surface area contributed by atoms with Gasteiger partial charge < -0.3 is 11.1 Å². The first kappa shape index (κ1) is 11.2. The zero-order valence-electron chi connectivity index (χ0n) is 8.66. The fraction of sp³-hybridized carbons (Fsp3) is 0.500. The Morgan fingerprint density at radius 2 is 2.43 bits per heavy atom. The third-order valence-corrected chi connectivity index (χ3v) is 2.79. The van der Waals surface area contributed by atoms with Gasteiger partial charge in [0.05, 0.1) is 5.69 Å². The van der Waals surface area contributed by atoms with Gasteiger partial charge in [-0.2, -0.15) is 11.8 Å². The molecule has 0 spiro atoms. The fourth-order valence-electron chi connectivity index (χ4n) is 1.22. The minimum atomic E-state index is 0.469. The first-order chi connectivity index (χ1) is 6.77. The molecule has 78 valence electrons.